The van der Waals surface area contributed by atoms with Gasteiger partial charge in [0.15, 0.2) is 5.69 Å². The number of rotatable bonds is 7. The molecule has 0 fully saturated rings. The van der Waals surface area contributed by atoms with Gasteiger partial charge in [-0.15, -0.1) is 10.2 Å². The number of benzene rings is 3. The second-order valence-electron chi connectivity index (χ2n) is 7.73. The van der Waals surface area contributed by atoms with E-state index in [0.717, 1.165) is 0 Å². The first-order chi connectivity index (χ1) is 17.5. The second-order valence-corrected chi connectivity index (χ2v) is 8.67. The molecule has 0 saturated carbocycles. The van der Waals surface area contributed by atoms with Gasteiger partial charge in [0.05, 0.1) is 17.1 Å². The van der Waals surface area contributed by atoms with E-state index in [2.05, 4.69) is 20.5 Å². The van der Waals surface area contributed by atoms with E-state index in [1.807, 2.05) is 31.2 Å². The van der Waals surface area contributed by atoms with Crippen LogP contribution in [0.1, 0.15) is 24.3 Å². The highest BCUT2D eigenvalue weighted by Crippen LogP contribution is 2.42. The van der Waals surface area contributed by atoms with Gasteiger partial charge in [0.2, 0.25) is 17.3 Å². The quantitative estimate of drug-likeness (QED) is 0.190. The molecule has 1 N–H and O–H groups in total. The van der Waals surface area contributed by atoms with Gasteiger partial charge in [0, 0.05) is 29.1 Å². The lowest BCUT2D eigenvalue weighted by Gasteiger charge is -2.21. The molecule has 1 aliphatic rings. The number of thioether (sulfide) groups is 1. The van der Waals surface area contributed by atoms with E-state index < -0.39 is 11.2 Å². The van der Waals surface area contributed by atoms with Crippen LogP contribution in [0.2, 0.25) is 0 Å². The van der Waals surface area contributed by atoms with E-state index in [0.29, 0.717) is 51.3 Å². The number of nitro groups is 1. The van der Waals surface area contributed by atoms with Crippen molar-refractivity contribution in [3.63, 3.8) is 0 Å². The minimum atomic E-state index is -0.866. The molecule has 0 amide bonds. The Morgan fingerprint density at radius 3 is 2.75 bits per heavy atom. The molecule has 11 heteroatoms. The Kier molecular flexibility index (Phi) is 6.63. The van der Waals surface area contributed by atoms with Crippen LogP contribution in [0.4, 0.5) is 15.8 Å². The van der Waals surface area contributed by atoms with Crippen molar-refractivity contribution in [1.29, 1.82) is 0 Å². The highest BCUT2D eigenvalue weighted by molar-refractivity contribution is 7.98. The number of halogens is 1. The maximum Gasteiger partial charge on any atom is 0.270 e. The summed E-state index contributed by atoms with van der Waals surface area (Å²) >= 11 is 1.22. The van der Waals surface area contributed by atoms with Gasteiger partial charge in [0.1, 0.15) is 11.6 Å². The number of ether oxygens (including phenoxy) is 2. The fourth-order valence-electron chi connectivity index (χ4n) is 3.75. The molecule has 0 spiro atoms. The zero-order chi connectivity index (χ0) is 25.1. The van der Waals surface area contributed by atoms with E-state index in [4.69, 9.17) is 9.47 Å². The predicted molar refractivity (Wildman–Crippen MR) is 132 cm³/mol. The van der Waals surface area contributed by atoms with Crippen molar-refractivity contribution in [3.8, 4) is 22.9 Å². The lowest BCUT2D eigenvalue weighted by molar-refractivity contribution is -0.385. The molecule has 3 aromatic carbocycles. The Morgan fingerprint density at radius 1 is 1.14 bits per heavy atom. The van der Waals surface area contributed by atoms with Gasteiger partial charge < -0.3 is 14.8 Å². The van der Waals surface area contributed by atoms with Crippen LogP contribution in [-0.2, 0) is 5.75 Å². The minimum absolute atomic E-state index is 0.0986. The van der Waals surface area contributed by atoms with Crippen molar-refractivity contribution in [2.45, 2.75) is 24.1 Å². The van der Waals surface area contributed by atoms with E-state index in [-0.39, 0.29) is 17.4 Å². The Bertz CT molecular complexity index is 1440. The predicted octanol–water partition coefficient (Wildman–Crippen LogP) is 5.78. The van der Waals surface area contributed by atoms with Crippen LogP contribution in [0.5, 0.6) is 11.6 Å². The van der Waals surface area contributed by atoms with Gasteiger partial charge in [-0.3, -0.25) is 10.1 Å². The molecular formula is C25H20FN5O4S. The SMILES string of the molecule is CCOc1ccc([N+](=O)[O-])cc1[C@@H]1Nc2ccccc2-c2nnc(SCc3ccccc3F)nc2O1. The Labute approximate surface area is 209 Å². The first-order valence-electron chi connectivity index (χ1n) is 11.1. The third kappa shape index (κ3) is 4.78. The van der Waals surface area contributed by atoms with Crippen LogP contribution in [0.25, 0.3) is 11.3 Å². The topological polar surface area (TPSA) is 112 Å². The molecule has 1 aliphatic heterocycles. The monoisotopic (exact) mass is 505 g/mol. The van der Waals surface area contributed by atoms with Crippen LogP contribution in [-0.4, -0.2) is 26.7 Å². The Balaban J connectivity index is 1.54. The molecule has 36 heavy (non-hydrogen) atoms. The molecule has 4 aromatic rings. The van der Waals surface area contributed by atoms with Crippen LogP contribution in [0.15, 0.2) is 71.9 Å². The van der Waals surface area contributed by atoms with Gasteiger partial charge >= 0.3 is 0 Å². The molecule has 182 valence electrons. The number of nitrogens with one attached hydrogen (secondary N) is 1. The molecule has 0 radical (unpaired) electrons. The van der Waals surface area contributed by atoms with Crippen LogP contribution >= 0.6 is 11.8 Å². The van der Waals surface area contributed by atoms with Crippen molar-refractivity contribution in [3.05, 3.63) is 93.8 Å². The molecule has 9 nitrogen and oxygen atoms in total. The number of nitro benzene ring substituents is 1. The molecular weight excluding hydrogens is 485 g/mol. The fraction of sp³-hybridized carbons (Fsp3) is 0.160. The number of aromatic nitrogens is 3. The smallest absolute Gasteiger partial charge is 0.270 e. The molecule has 5 rings (SSSR count). The summed E-state index contributed by atoms with van der Waals surface area (Å²) in [6, 6.07) is 18.2. The van der Waals surface area contributed by atoms with E-state index in [1.54, 1.807) is 24.3 Å². The number of para-hydroxylation sites is 1. The third-order valence-corrected chi connectivity index (χ3v) is 6.32. The summed E-state index contributed by atoms with van der Waals surface area (Å²) in [5.74, 6) is 0.636. The molecule has 2 heterocycles. The van der Waals surface area contributed by atoms with Crippen molar-refractivity contribution in [1.82, 2.24) is 15.2 Å². The summed E-state index contributed by atoms with van der Waals surface area (Å²) in [7, 11) is 0. The molecule has 0 bridgehead atoms. The summed E-state index contributed by atoms with van der Waals surface area (Å²) < 4.78 is 26.0. The lowest BCUT2D eigenvalue weighted by Crippen LogP contribution is -2.18. The zero-order valence-electron chi connectivity index (χ0n) is 19.1. The number of hydrogen-bond donors (Lipinski definition) is 1. The van der Waals surface area contributed by atoms with Crippen molar-refractivity contribution in [2.24, 2.45) is 0 Å². The van der Waals surface area contributed by atoms with E-state index in [9.17, 15) is 14.5 Å². The second kappa shape index (κ2) is 10.2. The van der Waals surface area contributed by atoms with Crippen molar-refractivity contribution in [2.75, 3.05) is 11.9 Å². The molecule has 0 unspecified atom stereocenters. The van der Waals surface area contributed by atoms with Crippen molar-refractivity contribution >= 4 is 23.1 Å². The number of anilines is 1. The highest BCUT2D eigenvalue weighted by atomic mass is 32.2. The maximum atomic E-state index is 14.1. The van der Waals surface area contributed by atoms with Gasteiger partial charge in [-0.1, -0.05) is 48.2 Å². The molecule has 1 aromatic heterocycles. The standard InChI is InChI=1S/C25H20FN5O4S/c1-2-34-21-12-11-16(31(32)33)13-18(21)23-27-20-10-6-4-8-17(20)22-24(35-23)28-25(30-29-22)36-14-15-7-3-5-9-19(15)26/h3-13,23,27H,2,14H2,1H3/t23-/m1/s1. The normalized spacial score (nSPS) is 14.0. The van der Waals surface area contributed by atoms with Gasteiger partial charge in [-0.05, 0) is 30.7 Å². The average molecular weight is 506 g/mol. The number of nitrogens with zero attached hydrogens (tertiary/aromatic N) is 4. The number of fused-ring (bicyclic) bond motifs is 3. The van der Waals surface area contributed by atoms with Crippen LogP contribution in [0.3, 0.4) is 0 Å². The van der Waals surface area contributed by atoms with Gasteiger partial charge in [-0.2, -0.15) is 4.98 Å². The maximum absolute atomic E-state index is 14.1. The van der Waals surface area contributed by atoms with Gasteiger partial charge in [-0.25, -0.2) is 4.39 Å². The van der Waals surface area contributed by atoms with E-state index in [1.165, 1.54) is 30.0 Å². The Hall–Kier alpha value is -4.25. The van der Waals surface area contributed by atoms with Crippen LogP contribution in [0, 0.1) is 15.9 Å². The van der Waals surface area contributed by atoms with Gasteiger partial charge in [0.25, 0.3) is 5.69 Å². The summed E-state index contributed by atoms with van der Waals surface area (Å²) in [4.78, 5) is 15.6. The zero-order valence-corrected chi connectivity index (χ0v) is 19.9. The molecule has 1 atom stereocenters. The first kappa shape index (κ1) is 23.5. The summed E-state index contributed by atoms with van der Waals surface area (Å²) in [6.45, 7) is 2.19. The number of non-ortho nitro benzene ring substituents is 1. The third-order valence-electron chi connectivity index (χ3n) is 5.43. The first-order valence-corrected chi connectivity index (χ1v) is 12.1. The summed E-state index contributed by atoms with van der Waals surface area (Å²) in [6.07, 6.45) is -0.866. The lowest BCUT2D eigenvalue weighted by atomic mass is 10.1. The van der Waals surface area contributed by atoms with E-state index >= 15 is 0 Å². The number of hydrogen-bond acceptors (Lipinski definition) is 9. The highest BCUT2D eigenvalue weighted by Gasteiger charge is 2.29. The molecule has 0 saturated heterocycles. The Morgan fingerprint density at radius 2 is 1.94 bits per heavy atom. The van der Waals surface area contributed by atoms with Crippen molar-refractivity contribution < 1.29 is 18.8 Å². The minimum Gasteiger partial charge on any atom is -0.493 e. The summed E-state index contributed by atoms with van der Waals surface area (Å²) in [5, 5.41) is 23.6. The molecule has 0 aliphatic carbocycles. The largest absolute Gasteiger partial charge is 0.493 e. The summed E-state index contributed by atoms with van der Waals surface area (Å²) in [5.41, 5.74) is 2.68. The fourth-order valence-corrected chi connectivity index (χ4v) is 4.51. The average Bonchev–Trinajstić information content (AvgIpc) is 3.05. The van der Waals surface area contributed by atoms with Crippen LogP contribution < -0.4 is 14.8 Å².